The third-order valence-electron chi connectivity index (χ3n) is 0.682. The molecule has 0 fully saturated rings. The van der Waals surface area contributed by atoms with Crippen LogP contribution in [0.4, 0.5) is 0 Å². The summed E-state index contributed by atoms with van der Waals surface area (Å²) < 4.78 is 0. The lowest BCUT2D eigenvalue weighted by Gasteiger charge is -2.02. The van der Waals surface area contributed by atoms with Gasteiger partial charge in [0.25, 0.3) is 0 Å². The molecule has 0 saturated carbocycles. The zero-order valence-electron chi connectivity index (χ0n) is 7.63. The third-order valence-corrected chi connectivity index (χ3v) is 0.682. The zero-order chi connectivity index (χ0) is 8.41. The average molecular weight is 142 g/mol. The summed E-state index contributed by atoms with van der Waals surface area (Å²) in [4.78, 5) is 5.69. The summed E-state index contributed by atoms with van der Waals surface area (Å²) in [6.07, 6.45) is 5.65. The first-order chi connectivity index (χ1) is 4.81. The van der Waals surface area contributed by atoms with E-state index in [1.807, 2.05) is 45.0 Å². The molecule has 0 aromatic carbocycles. The van der Waals surface area contributed by atoms with Gasteiger partial charge in [-0.3, -0.25) is 4.99 Å². The minimum atomic E-state index is 1.75. The number of rotatable bonds is 2. The average Bonchev–Trinajstić information content (AvgIpc) is 1.93. The molecule has 2 heteroatoms. The Morgan fingerprint density at radius 2 is 1.80 bits per heavy atom. The van der Waals surface area contributed by atoms with E-state index in [2.05, 4.69) is 4.99 Å². The zero-order valence-corrected chi connectivity index (χ0v) is 7.63. The Kier molecular flexibility index (Phi) is 13.2. The maximum absolute atomic E-state index is 3.80. The van der Waals surface area contributed by atoms with Gasteiger partial charge in [-0.05, 0) is 6.92 Å². The standard InChI is InChI=1S/C6H12N2.C2H6/c1-4-5-8(3)6-7-2;1-2/h4-6H,1-3H3;1-2H3/b5-4-,7-6?;. The lowest BCUT2D eigenvalue weighted by Crippen LogP contribution is -2.05. The van der Waals surface area contributed by atoms with E-state index in [1.165, 1.54) is 0 Å². The number of allylic oxidation sites excluding steroid dienone is 1. The van der Waals surface area contributed by atoms with E-state index in [-0.39, 0.29) is 0 Å². The smallest absolute Gasteiger partial charge is 0.0883 e. The van der Waals surface area contributed by atoms with Gasteiger partial charge in [-0.2, -0.15) is 0 Å². The number of hydrogen-bond acceptors (Lipinski definition) is 1. The van der Waals surface area contributed by atoms with Gasteiger partial charge in [-0.15, -0.1) is 0 Å². The second-order valence-corrected chi connectivity index (χ2v) is 1.52. The Labute approximate surface area is 64.3 Å². The Morgan fingerprint density at radius 1 is 1.30 bits per heavy atom. The fraction of sp³-hybridized carbons (Fsp3) is 0.625. The molecule has 0 atom stereocenters. The summed E-state index contributed by atoms with van der Waals surface area (Å²) in [6, 6.07) is 0. The van der Waals surface area contributed by atoms with Gasteiger partial charge in [-0.25, -0.2) is 0 Å². The molecule has 0 rings (SSSR count). The molecule has 0 heterocycles. The topological polar surface area (TPSA) is 15.6 Å². The molecule has 0 aliphatic heterocycles. The van der Waals surface area contributed by atoms with Crippen molar-refractivity contribution in [3.8, 4) is 0 Å². The molecule has 10 heavy (non-hydrogen) atoms. The summed E-state index contributed by atoms with van der Waals surface area (Å²) in [5.74, 6) is 0. The van der Waals surface area contributed by atoms with Crippen molar-refractivity contribution in [1.82, 2.24) is 4.90 Å². The second kappa shape index (κ2) is 11.1. The van der Waals surface area contributed by atoms with Gasteiger partial charge in [0.1, 0.15) is 0 Å². The molecular weight excluding hydrogens is 124 g/mol. The van der Waals surface area contributed by atoms with E-state index < -0.39 is 0 Å². The van der Waals surface area contributed by atoms with Crippen molar-refractivity contribution >= 4 is 6.34 Å². The molecule has 0 unspecified atom stereocenters. The van der Waals surface area contributed by atoms with Gasteiger partial charge >= 0.3 is 0 Å². The van der Waals surface area contributed by atoms with Crippen molar-refractivity contribution in [3.63, 3.8) is 0 Å². The van der Waals surface area contributed by atoms with Crippen LogP contribution in [0.15, 0.2) is 17.3 Å². The number of hydrogen-bond donors (Lipinski definition) is 0. The molecule has 2 nitrogen and oxygen atoms in total. The normalized spacial score (nSPS) is 9.70. The number of aliphatic imine (C=N–C) groups is 1. The Bertz CT molecular complexity index is 83.4. The predicted octanol–water partition coefficient (Wildman–Crippen LogP) is 2.14. The molecule has 0 aliphatic rings. The van der Waals surface area contributed by atoms with Crippen LogP contribution in [0.3, 0.4) is 0 Å². The van der Waals surface area contributed by atoms with E-state index in [1.54, 1.807) is 13.4 Å². The monoisotopic (exact) mass is 142 g/mol. The van der Waals surface area contributed by atoms with Crippen LogP contribution in [-0.2, 0) is 0 Å². The fourth-order valence-electron chi connectivity index (χ4n) is 0.456. The van der Waals surface area contributed by atoms with Crippen LogP contribution in [-0.4, -0.2) is 25.3 Å². The molecule has 0 aromatic rings. The molecule has 0 aliphatic carbocycles. The highest BCUT2D eigenvalue weighted by Gasteiger charge is 1.75. The van der Waals surface area contributed by atoms with Crippen molar-refractivity contribution in [2.45, 2.75) is 20.8 Å². The van der Waals surface area contributed by atoms with Crippen molar-refractivity contribution in [2.75, 3.05) is 14.1 Å². The molecule has 0 N–H and O–H groups in total. The quantitative estimate of drug-likeness (QED) is 0.426. The van der Waals surface area contributed by atoms with Crippen LogP contribution in [0.25, 0.3) is 0 Å². The van der Waals surface area contributed by atoms with Gasteiger partial charge in [0.15, 0.2) is 0 Å². The first-order valence-corrected chi connectivity index (χ1v) is 3.58. The fourth-order valence-corrected chi connectivity index (χ4v) is 0.456. The Hall–Kier alpha value is -0.790. The summed E-state index contributed by atoms with van der Waals surface area (Å²) >= 11 is 0. The van der Waals surface area contributed by atoms with Crippen molar-refractivity contribution in [1.29, 1.82) is 0 Å². The lowest BCUT2D eigenvalue weighted by atomic mass is 10.7. The van der Waals surface area contributed by atoms with Crippen molar-refractivity contribution in [2.24, 2.45) is 4.99 Å². The van der Waals surface area contributed by atoms with Gasteiger partial charge in [0.05, 0.1) is 6.34 Å². The molecule has 0 amide bonds. The molecule has 60 valence electrons. The molecule has 0 radical (unpaired) electrons. The van der Waals surface area contributed by atoms with E-state index in [0.29, 0.717) is 0 Å². The maximum atomic E-state index is 3.80. The van der Waals surface area contributed by atoms with E-state index in [4.69, 9.17) is 0 Å². The molecule has 0 saturated heterocycles. The van der Waals surface area contributed by atoms with E-state index in [0.717, 1.165) is 0 Å². The highest BCUT2D eigenvalue weighted by atomic mass is 15.1. The molecule has 0 bridgehead atoms. The summed E-state index contributed by atoms with van der Waals surface area (Å²) in [6.45, 7) is 5.97. The van der Waals surface area contributed by atoms with Gasteiger partial charge in [-0.1, -0.05) is 19.9 Å². The minimum absolute atomic E-state index is 1.75. The van der Waals surface area contributed by atoms with Crippen LogP contribution in [0, 0.1) is 0 Å². The molecule has 0 spiro atoms. The Balaban J connectivity index is 0. The van der Waals surface area contributed by atoms with Gasteiger partial charge < -0.3 is 4.90 Å². The number of nitrogens with zero attached hydrogens (tertiary/aromatic N) is 2. The predicted molar refractivity (Wildman–Crippen MR) is 48.3 cm³/mol. The van der Waals surface area contributed by atoms with Crippen LogP contribution >= 0.6 is 0 Å². The molecule has 0 aromatic heterocycles. The van der Waals surface area contributed by atoms with E-state index >= 15 is 0 Å². The summed E-state index contributed by atoms with van der Waals surface area (Å²) in [5.41, 5.74) is 0. The SMILES string of the molecule is C/C=C\N(C)C=NC.CC. The van der Waals surface area contributed by atoms with Crippen molar-refractivity contribution < 1.29 is 0 Å². The van der Waals surface area contributed by atoms with Crippen LogP contribution < -0.4 is 0 Å². The van der Waals surface area contributed by atoms with Gasteiger partial charge in [0, 0.05) is 20.3 Å². The Morgan fingerprint density at radius 3 is 2.10 bits per heavy atom. The lowest BCUT2D eigenvalue weighted by molar-refractivity contribution is 0.707. The maximum Gasteiger partial charge on any atom is 0.0883 e. The third kappa shape index (κ3) is 10.2. The van der Waals surface area contributed by atoms with Gasteiger partial charge in [0.2, 0.25) is 0 Å². The minimum Gasteiger partial charge on any atom is -0.343 e. The largest absolute Gasteiger partial charge is 0.343 e. The van der Waals surface area contributed by atoms with E-state index in [9.17, 15) is 0 Å². The highest BCUT2D eigenvalue weighted by Crippen LogP contribution is 1.76. The first kappa shape index (κ1) is 11.9. The second-order valence-electron chi connectivity index (χ2n) is 1.52. The van der Waals surface area contributed by atoms with Crippen LogP contribution in [0.1, 0.15) is 20.8 Å². The van der Waals surface area contributed by atoms with Crippen molar-refractivity contribution in [3.05, 3.63) is 12.3 Å². The molecular formula is C8H18N2. The van der Waals surface area contributed by atoms with Crippen LogP contribution in [0.5, 0.6) is 0 Å². The first-order valence-electron chi connectivity index (χ1n) is 3.58. The summed E-state index contributed by atoms with van der Waals surface area (Å²) in [5, 5.41) is 0. The van der Waals surface area contributed by atoms with Crippen LogP contribution in [0.2, 0.25) is 0 Å². The summed E-state index contributed by atoms with van der Waals surface area (Å²) in [7, 11) is 3.69. The highest BCUT2D eigenvalue weighted by molar-refractivity contribution is 5.55.